The number of aromatic nitrogens is 2. The minimum absolute atomic E-state index is 0.0868. The molecule has 0 aliphatic rings. The van der Waals surface area contributed by atoms with Crippen molar-refractivity contribution in [3.8, 4) is 0 Å². The molecule has 0 radical (unpaired) electrons. The zero-order chi connectivity index (χ0) is 8.43. The van der Waals surface area contributed by atoms with Crippen LogP contribution in [0.4, 0.5) is 5.82 Å². The first-order valence-electron chi connectivity index (χ1n) is 3.03. The van der Waals surface area contributed by atoms with E-state index in [1.165, 1.54) is 6.07 Å². The summed E-state index contributed by atoms with van der Waals surface area (Å²) in [7, 11) is 0. The van der Waals surface area contributed by atoms with Crippen LogP contribution in [0.25, 0.3) is 0 Å². The molecule has 0 saturated heterocycles. The standard InChI is InChI=1S/C5H6IN3O2/c1-2-8-4(6)3-5(7-8)9(10)11/h3H,2H2,1H3. The zero-order valence-corrected chi connectivity index (χ0v) is 7.98. The molecule has 0 aliphatic heterocycles. The fourth-order valence-electron chi connectivity index (χ4n) is 0.692. The minimum Gasteiger partial charge on any atom is -0.358 e. The highest BCUT2D eigenvalue weighted by molar-refractivity contribution is 14.1. The summed E-state index contributed by atoms with van der Waals surface area (Å²) in [6, 6.07) is 1.45. The van der Waals surface area contributed by atoms with Gasteiger partial charge in [-0.1, -0.05) is 0 Å². The van der Waals surface area contributed by atoms with E-state index in [0.29, 0.717) is 6.54 Å². The van der Waals surface area contributed by atoms with Crippen molar-refractivity contribution in [3.63, 3.8) is 0 Å². The van der Waals surface area contributed by atoms with E-state index in [1.807, 2.05) is 29.5 Å². The van der Waals surface area contributed by atoms with Crippen molar-refractivity contribution in [2.24, 2.45) is 0 Å². The van der Waals surface area contributed by atoms with E-state index in [9.17, 15) is 10.1 Å². The lowest BCUT2D eigenvalue weighted by Crippen LogP contribution is -1.99. The summed E-state index contributed by atoms with van der Waals surface area (Å²) in [5.41, 5.74) is 0. The lowest BCUT2D eigenvalue weighted by molar-refractivity contribution is -0.389. The predicted molar refractivity (Wildman–Crippen MR) is 47.3 cm³/mol. The highest BCUT2D eigenvalue weighted by Crippen LogP contribution is 2.13. The number of aryl methyl sites for hydroxylation is 1. The molecule has 0 amide bonds. The second kappa shape index (κ2) is 3.16. The monoisotopic (exact) mass is 267 g/mol. The van der Waals surface area contributed by atoms with Crippen LogP contribution in [0.15, 0.2) is 6.07 Å². The van der Waals surface area contributed by atoms with Gasteiger partial charge in [0.05, 0.1) is 17.7 Å². The summed E-state index contributed by atoms with van der Waals surface area (Å²) >= 11 is 2.01. The van der Waals surface area contributed by atoms with Gasteiger partial charge in [-0.05, 0) is 34.4 Å². The molecular weight excluding hydrogens is 261 g/mol. The van der Waals surface area contributed by atoms with Crippen molar-refractivity contribution >= 4 is 28.4 Å². The van der Waals surface area contributed by atoms with Gasteiger partial charge in [-0.15, -0.1) is 0 Å². The van der Waals surface area contributed by atoms with Crippen molar-refractivity contribution in [2.75, 3.05) is 0 Å². The third-order valence-electron chi connectivity index (χ3n) is 1.20. The number of nitrogens with zero attached hydrogens (tertiary/aromatic N) is 3. The van der Waals surface area contributed by atoms with Crippen molar-refractivity contribution in [1.29, 1.82) is 0 Å². The van der Waals surface area contributed by atoms with E-state index < -0.39 is 4.92 Å². The Balaban J connectivity index is 3.05. The third kappa shape index (κ3) is 1.67. The van der Waals surface area contributed by atoms with E-state index in [4.69, 9.17) is 0 Å². The quantitative estimate of drug-likeness (QED) is 0.462. The summed E-state index contributed by atoms with van der Waals surface area (Å²) in [5.74, 6) is -0.0868. The maximum Gasteiger partial charge on any atom is 0.391 e. The Morgan fingerprint density at radius 1 is 1.91 bits per heavy atom. The average Bonchev–Trinajstić information content (AvgIpc) is 2.31. The van der Waals surface area contributed by atoms with Crippen LogP contribution in [0.2, 0.25) is 0 Å². The Morgan fingerprint density at radius 2 is 2.55 bits per heavy atom. The highest BCUT2D eigenvalue weighted by Gasteiger charge is 2.14. The molecule has 1 heterocycles. The summed E-state index contributed by atoms with van der Waals surface area (Å²) in [6.07, 6.45) is 0. The predicted octanol–water partition coefficient (Wildman–Crippen LogP) is 1.42. The lowest BCUT2D eigenvalue weighted by Gasteiger charge is -1.87. The van der Waals surface area contributed by atoms with Crippen LogP contribution >= 0.6 is 22.6 Å². The molecule has 0 atom stereocenters. The molecule has 60 valence electrons. The van der Waals surface area contributed by atoms with Crippen molar-refractivity contribution in [3.05, 3.63) is 19.9 Å². The maximum atomic E-state index is 10.2. The van der Waals surface area contributed by atoms with E-state index in [0.717, 1.165) is 3.70 Å². The number of hydrogen-bond acceptors (Lipinski definition) is 3. The number of hydrogen-bond donors (Lipinski definition) is 0. The van der Waals surface area contributed by atoms with E-state index in [2.05, 4.69) is 5.10 Å². The smallest absolute Gasteiger partial charge is 0.358 e. The molecule has 0 spiro atoms. The first-order valence-corrected chi connectivity index (χ1v) is 4.10. The number of halogens is 1. The second-order valence-corrected chi connectivity index (χ2v) is 3.00. The first-order chi connectivity index (χ1) is 5.15. The van der Waals surface area contributed by atoms with Crippen LogP contribution in [0.5, 0.6) is 0 Å². The Labute approximate surface area is 76.7 Å². The average molecular weight is 267 g/mol. The van der Waals surface area contributed by atoms with Crippen LogP contribution in [0, 0.1) is 13.8 Å². The van der Waals surface area contributed by atoms with Crippen LogP contribution in [-0.4, -0.2) is 14.7 Å². The van der Waals surface area contributed by atoms with Gasteiger partial charge in [0.15, 0.2) is 0 Å². The molecule has 0 unspecified atom stereocenters. The van der Waals surface area contributed by atoms with Gasteiger partial charge >= 0.3 is 5.82 Å². The second-order valence-electron chi connectivity index (χ2n) is 1.90. The molecule has 0 fully saturated rings. The Kier molecular flexibility index (Phi) is 2.42. The van der Waals surface area contributed by atoms with Gasteiger partial charge in [0, 0.05) is 0 Å². The third-order valence-corrected chi connectivity index (χ3v) is 2.07. The first kappa shape index (κ1) is 8.44. The molecule has 0 N–H and O–H groups in total. The van der Waals surface area contributed by atoms with Crippen molar-refractivity contribution in [1.82, 2.24) is 9.78 Å². The van der Waals surface area contributed by atoms with Crippen LogP contribution in [0.3, 0.4) is 0 Å². The van der Waals surface area contributed by atoms with Gasteiger partial charge in [0.25, 0.3) is 0 Å². The number of rotatable bonds is 2. The summed E-state index contributed by atoms with van der Waals surface area (Å²) in [6.45, 7) is 2.55. The summed E-state index contributed by atoms with van der Waals surface area (Å²) in [4.78, 5) is 9.72. The Morgan fingerprint density at radius 3 is 2.82 bits per heavy atom. The fraction of sp³-hybridized carbons (Fsp3) is 0.400. The van der Waals surface area contributed by atoms with Crippen molar-refractivity contribution in [2.45, 2.75) is 13.5 Å². The highest BCUT2D eigenvalue weighted by atomic mass is 127. The van der Waals surface area contributed by atoms with Crippen LogP contribution in [-0.2, 0) is 6.54 Å². The SMILES string of the molecule is CCn1nc([N+](=O)[O-])cc1I. The van der Waals surface area contributed by atoms with Crippen LogP contribution in [0.1, 0.15) is 6.92 Å². The molecule has 6 heteroatoms. The Bertz CT molecular complexity index is 283. The van der Waals surface area contributed by atoms with Gasteiger partial charge in [0.1, 0.15) is 3.70 Å². The zero-order valence-electron chi connectivity index (χ0n) is 5.82. The van der Waals surface area contributed by atoms with Gasteiger partial charge in [-0.3, -0.25) is 0 Å². The Hall–Kier alpha value is -0.660. The molecule has 1 aromatic rings. The molecule has 0 aromatic carbocycles. The normalized spacial score (nSPS) is 10.0. The molecule has 0 bridgehead atoms. The van der Waals surface area contributed by atoms with E-state index in [1.54, 1.807) is 4.68 Å². The lowest BCUT2D eigenvalue weighted by atomic mass is 10.6. The molecule has 1 rings (SSSR count). The topological polar surface area (TPSA) is 61.0 Å². The maximum absolute atomic E-state index is 10.2. The molecule has 0 aliphatic carbocycles. The van der Waals surface area contributed by atoms with Gasteiger partial charge in [0.2, 0.25) is 0 Å². The largest absolute Gasteiger partial charge is 0.391 e. The molecule has 0 saturated carbocycles. The minimum atomic E-state index is -0.492. The van der Waals surface area contributed by atoms with Gasteiger partial charge in [-0.2, -0.15) is 4.68 Å². The van der Waals surface area contributed by atoms with E-state index in [-0.39, 0.29) is 5.82 Å². The van der Waals surface area contributed by atoms with Crippen molar-refractivity contribution < 1.29 is 4.92 Å². The van der Waals surface area contributed by atoms with Crippen LogP contribution < -0.4 is 0 Å². The van der Waals surface area contributed by atoms with E-state index >= 15 is 0 Å². The molecule has 5 nitrogen and oxygen atoms in total. The van der Waals surface area contributed by atoms with Gasteiger partial charge < -0.3 is 10.1 Å². The number of nitro groups is 1. The molecule has 11 heavy (non-hydrogen) atoms. The summed E-state index contributed by atoms with van der Waals surface area (Å²) in [5, 5.41) is 13.9. The fourth-order valence-corrected chi connectivity index (χ4v) is 1.42. The summed E-state index contributed by atoms with van der Waals surface area (Å²) < 4.78 is 2.37. The van der Waals surface area contributed by atoms with Gasteiger partial charge in [-0.25, -0.2) is 0 Å². The molecular formula is C5H6IN3O2. The molecule has 1 aromatic heterocycles.